The second-order valence-corrected chi connectivity index (χ2v) is 3.16. The van der Waals surface area contributed by atoms with Gasteiger partial charge < -0.3 is 5.11 Å². The Morgan fingerprint density at radius 3 is 2.67 bits per heavy atom. The van der Waals surface area contributed by atoms with Crippen molar-refractivity contribution in [2.75, 3.05) is 0 Å². The first-order valence-electron chi connectivity index (χ1n) is 4.05. The third kappa shape index (κ3) is 2.41. The minimum absolute atomic E-state index is 0.0224. The summed E-state index contributed by atoms with van der Waals surface area (Å²) in [5.74, 6) is -1.44. The van der Waals surface area contributed by atoms with Crippen molar-refractivity contribution in [1.82, 2.24) is 4.98 Å². The second-order valence-electron chi connectivity index (χ2n) is 2.90. The zero-order chi connectivity index (χ0) is 11.6. The van der Waals surface area contributed by atoms with Gasteiger partial charge in [-0.1, -0.05) is 0 Å². The van der Waals surface area contributed by atoms with E-state index in [0.29, 0.717) is 0 Å². The molecule has 1 aromatic rings. The fourth-order valence-electron chi connectivity index (χ4n) is 1.18. The van der Waals surface area contributed by atoms with Gasteiger partial charge in [0.25, 0.3) is 6.43 Å². The predicted molar refractivity (Wildman–Crippen MR) is 50.4 cm³/mol. The molecule has 3 nitrogen and oxygen atoms in total. The Balaban J connectivity index is 3.37. The molecule has 1 rings (SSSR count). The fourth-order valence-corrected chi connectivity index (χ4v) is 1.40. The lowest BCUT2D eigenvalue weighted by atomic mass is 10.1. The van der Waals surface area contributed by atoms with Crippen LogP contribution in [0.5, 0.6) is 0 Å². The lowest BCUT2D eigenvalue weighted by Gasteiger charge is -2.08. The largest absolute Gasteiger partial charge is 0.478 e. The number of nitrogens with zero attached hydrogens (tertiary/aromatic N) is 1. The maximum Gasteiger partial charge on any atom is 0.337 e. The highest BCUT2D eigenvalue weighted by atomic mass is 35.5. The molecular formula is C9H8ClF2NO2. The van der Waals surface area contributed by atoms with E-state index in [1.54, 1.807) is 0 Å². The van der Waals surface area contributed by atoms with Gasteiger partial charge in [-0.25, -0.2) is 13.6 Å². The molecule has 0 saturated heterocycles. The number of alkyl halides is 3. The summed E-state index contributed by atoms with van der Waals surface area (Å²) in [5.41, 5.74) is -0.441. The molecule has 0 unspecified atom stereocenters. The van der Waals surface area contributed by atoms with E-state index in [0.717, 1.165) is 6.07 Å². The maximum atomic E-state index is 12.5. The minimum atomic E-state index is -2.77. The zero-order valence-electron chi connectivity index (χ0n) is 7.80. The molecule has 0 fully saturated rings. The van der Waals surface area contributed by atoms with Crippen LogP contribution in [0, 0.1) is 6.92 Å². The van der Waals surface area contributed by atoms with Crippen molar-refractivity contribution in [3.8, 4) is 0 Å². The molecule has 0 bridgehead atoms. The van der Waals surface area contributed by atoms with E-state index in [9.17, 15) is 13.6 Å². The molecule has 0 aliphatic carbocycles. The van der Waals surface area contributed by atoms with Crippen molar-refractivity contribution in [3.05, 3.63) is 28.6 Å². The molecule has 15 heavy (non-hydrogen) atoms. The van der Waals surface area contributed by atoms with Gasteiger partial charge in [0.05, 0.1) is 22.8 Å². The first-order chi connectivity index (χ1) is 6.97. The number of carboxylic acids is 1. The molecule has 1 heterocycles. The van der Waals surface area contributed by atoms with Crippen molar-refractivity contribution in [3.63, 3.8) is 0 Å². The van der Waals surface area contributed by atoms with Crippen LogP contribution < -0.4 is 0 Å². The molecular weight excluding hydrogens is 228 g/mol. The van der Waals surface area contributed by atoms with Crippen LogP contribution in [0.25, 0.3) is 0 Å². The fraction of sp³-hybridized carbons (Fsp3) is 0.333. The van der Waals surface area contributed by atoms with Gasteiger partial charge in [-0.2, -0.15) is 0 Å². The molecule has 0 saturated carbocycles. The molecule has 0 spiro atoms. The Morgan fingerprint density at radius 2 is 2.27 bits per heavy atom. The molecule has 0 amide bonds. The molecule has 0 aliphatic rings. The maximum absolute atomic E-state index is 12.5. The van der Waals surface area contributed by atoms with E-state index in [4.69, 9.17) is 16.7 Å². The number of pyridine rings is 1. The van der Waals surface area contributed by atoms with Crippen LogP contribution in [0.2, 0.25) is 0 Å². The lowest BCUT2D eigenvalue weighted by molar-refractivity contribution is 0.0695. The average Bonchev–Trinajstić information content (AvgIpc) is 2.16. The van der Waals surface area contributed by atoms with Gasteiger partial charge in [0.1, 0.15) is 0 Å². The summed E-state index contributed by atoms with van der Waals surface area (Å²) < 4.78 is 25.0. The number of hydrogen-bond donors (Lipinski definition) is 1. The smallest absolute Gasteiger partial charge is 0.337 e. The first kappa shape index (κ1) is 11.8. The third-order valence-electron chi connectivity index (χ3n) is 1.92. The molecule has 0 aromatic carbocycles. The number of hydrogen-bond acceptors (Lipinski definition) is 2. The average molecular weight is 236 g/mol. The highest BCUT2D eigenvalue weighted by Crippen LogP contribution is 2.25. The summed E-state index contributed by atoms with van der Waals surface area (Å²) in [6, 6.07) is 0.924. The van der Waals surface area contributed by atoms with Crippen molar-refractivity contribution in [1.29, 1.82) is 0 Å². The predicted octanol–water partition coefficient (Wildman–Crippen LogP) is 2.76. The van der Waals surface area contributed by atoms with Crippen LogP contribution in [0.3, 0.4) is 0 Å². The Labute approximate surface area is 89.7 Å². The van der Waals surface area contributed by atoms with Crippen molar-refractivity contribution < 1.29 is 18.7 Å². The van der Waals surface area contributed by atoms with E-state index in [2.05, 4.69) is 4.98 Å². The Hall–Kier alpha value is -1.23. The Kier molecular flexibility index (Phi) is 3.57. The molecule has 82 valence electrons. The van der Waals surface area contributed by atoms with Gasteiger partial charge in [-0.15, -0.1) is 11.6 Å². The summed E-state index contributed by atoms with van der Waals surface area (Å²) in [6.45, 7) is 1.44. The molecule has 1 N–H and O–H groups in total. The second kappa shape index (κ2) is 4.53. The van der Waals surface area contributed by atoms with Crippen LogP contribution >= 0.6 is 11.6 Å². The number of halogens is 3. The topological polar surface area (TPSA) is 50.2 Å². The number of carbonyl (C=O) groups is 1. The van der Waals surface area contributed by atoms with E-state index in [1.165, 1.54) is 6.92 Å². The molecule has 0 atom stereocenters. The van der Waals surface area contributed by atoms with Gasteiger partial charge in [-0.3, -0.25) is 4.98 Å². The number of rotatable bonds is 3. The van der Waals surface area contributed by atoms with Gasteiger partial charge in [0.15, 0.2) is 0 Å². The van der Waals surface area contributed by atoms with Crippen molar-refractivity contribution in [2.45, 2.75) is 19.2 Å². The minimum Gasteiger partial charge on any atom is -0.478 e. The number of aryl methyl sites for hydroxylation is 1. The number of aromatic carboxylic acids is 1. The lowest BCUT2D eigenvalue weighted by Crippen LogP contribution is -2.07. The zero-order valence-corrected chi connectivity index (χ0v) is 8.55. The highest BCUT2D eigenvalue weighted by molar-refractivity contribution is 6.17. The normalized spacial score (nSPS) is 10.7. The van der Waals surface area contributed by atoms with E-state index >= 15 is 0 Å². The Bertz CT molecular complexity index is 396. The van der Waals surface area contributed by atoms with Gasteiger partial charge in [0.2, 0.25) is 0 Å². The molecule has 1 aromatic heterocycles. The highest BCUT2D eigenvalue weighted by Gasteiger charge is 2.19. The van der Waals surface area contributed by atoms with Crippen LogP contribution in [0.15, 0.2) is 6.07 Å². The SMILES string of the molecule is Cc1nc(CCl)c(C(F)F)cc1C(=O)O. The van der Waals surface area contributed by atoms with Crippen LogP contribution in [-0.2, 0) is 5.88 Å². The monoisotopic (exact) mass is 235 g/mol. The van der Waals surface area contributed by atoms with Crippen molar-refractivity contribution in [2.24, 2.45) is 0 Å². The quantitative estimate of drug-likeness (QED) is 0.820. The van der Waals surface area contributed by atoms with Crippen LogP contribution in [-0.4, -0.2) is 16.1 Å². The molecule has 0 aliphatic heterocycles. The Morgan fingerprint density at radius 1 is 1.67 bits per heavy atom. The first-order valence-corrected chi connectivity index (χ1v) is 4.58. The summed E-state index contributed by atoms with van der Waals surface area (Å²) in [6.07, 6.45) is -2.77. The standard InChI is InChI=1S/C9H8ClF2NO2/c1-4-5(9(14)15)2-6(8(11)12)7(3-10)13-4/h2,8H,3H2,1H3,(H,14,15). The van der Waals surface area contributed by atoms with E-state index < -0.39 is 18.0 Å². The summed E-state index contributed by atoms with van der Waals surface area (Å²) >= 11 is 5.44. The summed E-state index contributed by atoms with van der Waals surface area (Å²) in [7, 11) is 0. The third-order valence-corrected chi connectivity index (χ3v) is 2.17. The van der Waals surface area contributed by atoms with Gasteiger partial charge in [0, 0.05) is 5.56 Å². The van der Waals surface area contributed by atoms with E-state index in [-0.39, 0.29) is 22.8 Å². The summed E-state index contributed by atoms with van der Waals surface area (Å²) in [5, 5.41) is 8.72. The van der Waals surface area contributed by atoms with Crippen molar-refractivity contribution >= 4 is 17.6 Å². The van der Waals surface area contributed by atoms with Crippen LogP contribution in [0.4, 0.5) is 8.78 Å². The number of carboxylic acid groups (broad SMARTS) is 1. The van der Waals surface area contributed by atoms with Gasteiger partial charge in [-0.05, 0) is 13.0 Å². The van der Waals surface area contributed by atoms with E-state index in [1.807, 2.05) is 0 Å². The molecule has 0 radical (unpaired) electrons. The van der Waals surface area contributed by atoms with Crippen LogP contribution in [0.1, 0.15) is 33.7 Å². The van der Waals surface area contributed by atoms with Gasteiger partial charge >= 0.3 is 5.97 Å². The summed E-state index contributed by atoms with van der Waals surface area (Å²) in [4.78, 5) is 14.4. The molecule has 6 heteroatoms. The number of aromatic nitrogens is 1.